The van der Waals surface area contributed by atoms with Crippen molar-refractivity contribution in [3.05, 3.63) is 59.3 Å². The standard InChI is InChI=1S/C22H19N3O2/c1-3-12-24-17-9-6-10-18(27-2)19(17)22(26)25-13-11-15-14-7-4-5-8-16(14)23-20(15)21(24)25/h1,4-10,21,23H,11-13H2,2H3. The second kappa shape index (κ2) is 5.82. The van der Waals surface area contributed by atoms with Crippen molar-refractivity contribution in [1.82, 2.24) is 9.88 Å². The molecule has 5 heteroatoms. The summed E-state index contributed by atoms with van der Waals surface area (Å²) in [7, 11) is 1.59. The number of fused-ring (bicyclic) bond motifs is 6. The fraction of sp³-hybridized carbons (Fsp3) is 0.227. The largest absolute Gasteiger partial charge is 0.496 e. The van der Waals surface area contributed by atoms with Crippen molar-refractivity contribution in [2.24, 2.45) is 0 Å². The van der Waals surface area contributed by atoms with E-state index in [1.54, 1.807) is 7.11 Å². The maximum absolute atomic E-state index is 13.4. The van der Waals surface area contributed by atoms with Crippen molar-refractivity contribution in [2.75, 3.05) is 25.1 Å². The molecule has 3 heterocycles. The van der Waals surface area contributed by atoms with Gasteiger partial charge in [0.1, 0.15) is 17.5 Å². The predicted molar refractivity (Wildman–Crippen MR) is 105 cm³/mol. The summed E-state index contributed by atoms with van der Waals surface area (Å²) in [5, 5.41) is 1.22. The summed E-state index contributed by atoms with van der Waals surface area (Å²) in [6.07, 6.45) is 6.29. The molecule has 3 aromatic rings. The average Bonchev–Trinajstić information content (AvgIpc) is 3.09. The smallest absolute Gasteiger partial charge is 0.261 e. The summed E-state index contributed by atoms with van der Waals surface area (Å²) < 4.78 is 5.47. The molecule has 2 aromatic carbocycles. The molecular weight excluding hydrogens is 338 g/mol. The lowest BCUT2D eigenvalue weighted by Gasteiger charge is -2.47. The lowest BCUT2D eigenvalue weighted by Crippen LogP contribution is -2.52. The molecule has 1 unspecified atom stereocenters. The average molecular weight is 357 g/mol. The molecule has 5 nitrogen and oxygen atoms in total. The van der Waals surface area contributed by atoms with Gasteiger partial charge in [-0.25, -0.2) is 0 Å². The van der Waals surface area contributed by atoms with E-state index in [-0.39, 0.29) is 12.1 Å². The molecule has 0 spiro atoms. The summed E-state index contributed by atoms with van der Waals surface area (Å²) >= 11 is 0. The van der Waals surface area contributed by atoms with Gasteiger partial charge in [-0.1, -0.05) is 30.2 Å². The number of ether oxygens (including phenoxy) is 1. The molecule has 0 fully saturated rings. The van der Waals surface area contributed by atoms with Crippen LogP contribution < -0.4 is 9.64 Å². The number of hydrogen-bond acceptors (Lipinski definition) is 3. The van der Waals surface area contributed by atoms with Crippen LogP contribution in [0.1, 0.15) is 27.8 Å². The van der Waals surface area contributed by atoms with E-state index in [0.29, 0.717) is 24.4 Å². The van der Waals surface area contributed by atoms with Crippen molar-refractivity contribution >= 4 is 22.5 Å². The van der Waals surface area contributed by atoms with Gasteiger partial charge in [-0.3, -0.25) is 4.79 Å². The van der Waals surface area contributed by atoms with Gasteiger partial charge in [-0.2, -0.15) is 0 Å². The fourth-order valence-corrected chi connectivity index (χ4v) is 4.45. The molecule has 1 amide bonds. The van der Waals surface area contributed by atoms with Crippen LogP contribution in [0.5, 0.6) is 5.75 Å². The zero-order valence-electron chi connectivity index (χ0n) is 15.0. The number of carbonyl (C=O) groups is 1. The van der Waals surface area contributed by atoms with E-state index in [1.165, 1.54) is 10.9 Å². The van der Waals surface area contributed by atoms with Crippen LogP contribution in [0.4, 0.5) is 5.69 Å². The van der Waals surface area contributed by atoms with Crippen molar-refractivity contribution in [3.8, 4) is 18.1 Å². The quantitative estimate of drug-likeness (QED) is 0.716. The summed E-state index contributed by atoms with van der Waals surface area (Å²) in [4.78, 5) is 20.9. The van der Waals surface area contributed by atoms with E-state index < -0.39 is 0 Å². The van der Waals surface area contributed by atoms with E-state index in [0.717, 1.165) is 23.3 Å². The Morgan fingerprint density at radius 1 is 1.26 bits per heavy atom. The Bertz CT molecular complexity index is 1110. The van der Waals surface area contributed by atoms with Gasteiger partial charge in [0.05, 0.1) is 25.0 Å². The number of nitrogens with one attached hydrogen (secondary N) is 1. The number of amides is 1. The number of carbonyl (C=O) groups excluding carboxylic acids is 1. The minimum absolute atomic E-state index is 0.00923. The number of terminal acetylenes is 1. The van der Waals surface area contributed by atoms with E-state index in [4.69, 9.17) is 11.2 Å². The molecular formula is C22H19N3O2. The monoisotopic (exact) mass is 357 g/mol. The highest BCUT2D eigenvalue weighted by Crippen LogP contribution is 2.45. The second-order valence-corrected chi connectivity index (χ2v) is 6.87. The molecule has 5 rings (SSSR count). The minimum Gasteiger partial charge on any atom is -0.496 e. The number of benzene rings is 2. The number of anilines is 1. The molecule has 2 aliphatic rings. The van der Waals surface area contributed by atoms with Gasteiger partial charge in [-0.05, 0) is 30.2 Å². The Morgan fingerprint density at radius 2 is 2.11 bits per heavy atom. The summed E-state index contributed by atoms with van der Waals surface area (Å²) in [6.45, 7) is 1.06. The highest BCUT2D eigenvalue weighted by Gasteiger charge is 2.43. The van der Waals surface area contributed by atoms with Crippen LogP contribution in [0.2, 0.25) is 0 Å². The summed E-state index contributed by atoms with van der Waals surface area (Å²) in [5.41, 5.74) is 4.83. The number of H-pyrrole nitrogens is 1. The highest BCUT2D eigenvalue weighted by molar-refractivity contribution is 6.05. The topological polar surface area (TPSA) is 48.6 Å². The Kier molecular flexibility index (Phi) is 3.41. The maximum atomic E-state index is 13.4. The molecule has 27 heavy (non-hydrogen) atoms. The van der Waals surface area contributed by atoms with Crippen LogP contribution in [-0.4, -0.2) is 36.0 Å². The molecule has 2 aliphatic heterocycles. The number of nitrogens with zero attached hydrogens (tertiary/aromatic N) is 2. The molecule has 0 bridgehead atoms. The van der Waals surface area contributed by atoms with Gasteiger partial charge < -0.3 is 19.5 Å². The zero-order valence-corrected chi connectivity index (χ0v) is 15.0. The van der Waals surface area contributed by atoms with Gasteiger partial charge in [0.25, 0.3) is 5.91 Å². The Balaban J connectivity index is 1.76. The molecule has 134 valence electrons. The molecule has 1 atom stereocenters. The second-order valence-electron chi connectivity index (χ2n) is 6.87. The Hall–Kier alpha value is -3.39. The van der Waals surface area contributed by atoms with Crippen molar-refractivity contribution in [3.63, 3.8) is 0 Å². The van der Waals surface area contributed by atoms with Crippen LogP contribution >= 0.6 is 0 Å². The van der Waals surface area contributed by atoms with E-state index >= 15 is 0 Å². The Labute approximate surface area is 157 Å². The van der Waals surface area contributed by atoms with Gasteiger partial charge in [0, 0.05) is 17.4 Å². The molecule has 0 radical (unpaired) electrons. The number of methoxy groups -OCH3 is 1. The van der Waals surface area contributed by atoms with Gasteiger partial charge in [0.2, 0.25) is 0 Å². The molecule has 1 aromatic heterocycles. The normalized spacial score (nSPS) is 17.9. The number of para-hydroxylation sites is 1. The lowest BCUT2D eigenvalue weighted by molar-refractivity contribution is 0.0627. The van der Waals surface area contributed by atoms with Crippen LogP contribution in [-0.2, 0) is 6.42 Å². The Morgan fingerprint density at radius 3 is 2.93 bits per heavy atom. The molecule has 1 N–H and O–H groups in total. The fourth-order valence-electron chi connectivity index (χ4n) is 4.45. The van der Waals surface area contributed by atoms with Crippen LogP contribution in [0.15, 0.2) is 42.5 Å². The van der Waals surface area contributed by atoms with E-state index in [9.17, 15) is 4.79 Å². The number of hydrogen-bond donors (Lipinski definition) is 1. The zero-order chi connectivity index (χ0) is 18.5. The maximum Gasteiger partial charge on any atom is 0.261 e. The van der Waals surface area contributed by atoms with E-state index in [2.05, 4.69) is 27.9 Å². The first-order chi connectivity index (χ1) is 13.2. The molecule has 0 aliphatic carbocycles. The minimum atomic E-state index is -0.232. The third kappa shape index (κ3) is 2.10. The van der Waals surface area contributed by atoms with E-state index in [1.807, 2.05) is 35.2 Å². The number of aromatic nitrogens is 1. The van der Waals surface area contributed by atoms with Gasteiger partial charge >= 0.3 is 0 Å². The first-order valence-electron chi connectivity index (χ1n) is 9.02. The van der Waals surface area contributed by atoms with Crippen LogP contribution in [0.25, 0.3) is 10.9 Å². The molecule has 0 saturated carbocycles. The summed E-state index contributed by atoms with van der Waals surface area (Å²) in [5.74, 6) is 3.34. The third-order valence-corrected chi connectivity index (χ3v) is 5.57. The molecule has 0 saturated heterocycles. The van der Waals surface area contributed by atoms with Crippen LogP contribution in [0.3, 0.4) is 0 Å². The first kappa shape index (κ1) is 15.8. The van der Waals surface area contributed by atoms with Crippen molar-refractivity contribution in [1.29, 1.82) is 0 Å². The van der Waals surface area contributed by atoms with Gasteiger partial charge in [0.15, 0.2) is 0 Å². The SMILES string of the molecule is C#CCN1c2cccc(OC)c2C(=O)N2CCc3c([nH]c4ccccc34)C21. The first-order valence-corrected chi connectivity index (χ1v) is 9.02. The van der Waals surface area contributed by atoms with Crippen LogP contribution in [0, 0.1) is 12.3 Å². The number of rotatable bonds is 2. The lowest BCUT2D eigenvalue weighted by atomic mass is 9.95. The van der Waals surface area contributed by atoms with Crippen molar-refractivity contribution < 1.29 is 9.53 Å². The third-order valence-electron chi connectivity index (χ3n) is 5.57. The summed E-state index contributed by atoms with van der Waals surface area (Å²) in [6, 6.07) is 13.9. The number of aromatic amines is 1. The highest BCUT2D eigenvalue weighted by atomic mass is 16.5. The van der Waals surface area contributed by atoms with Gasteiger partial charge in [-0.15, -0.1) is 6.42 Å². The predicted octanol–water partition coefficient (Wildman–Crippen LogP) is 3.33. The van der Waals surface area contributed by atoms with Crippen molar-refractivity contribution in [2.45, 2.75) is 12.6 Å².